The lowest BCUT2D eigenvalue weighted by molar-refractivity contribution is -0.125. The summed E-state index contributed by atoms with van der Waals surface area (Å²) in [5.41, 5.74) is 3.44. The third-order valence-electron chi connectivity index (χ3n) is 3.89. The fourth-order valence-electron chi connectivity index (χ4n) is 2.23. The zero-order valence-corrected chi connectivity index (χ0v) is 13.0. The van der Waals surface area contributed by atoms with Crippen LogP contribution in [-0.4, -0.2) is 5.91 Å². The molecule has 0 aliphatic carbocycles. The van der Waals surface area contributed by atoms with E-state index in [0.717, 1.165) is 17.5 Å². The number of aryl methyl sites for hydroxylation is 1. The maximum absolute atomic E-state index is 12.3. The molecule has 2 unspecified atom stereocenters. The average molecular weight is 281 g/mol. The molecule has 0 fully saturated rings. The minimum Gasteiger partial charge on any atom is -0.345 e. The van der Waals surface area contributed by atoms with Crippen LogP contribution in [0.3, 0.4) is 0 Å². The van der Waals surface area contributed by atoms with Gasteiger partial charge in [0.2, 0.25) is 5.91 Å². The smallest absolute Gasteiger partial charge is 0.223 e. The highest BCUT2D eigenvalue weighted by Crippen LogP contribution is 2.23. The highest BCUT2D eigenvalue weighted by molar-refractivity contribution is 5.79. The molecular formula is C19H23NO. The van der Waals surface area contributed by atoms with E-state index < -0.39 is 0 Å². The second kappa shape index (κ2) is 7.07. The van der Waals surface area contributed by atoms with Crippen molar-refractivity contribution in [2.75, 3.05) is 0 Å². The molecule has 0 heterocycles. The summed E-state index contributed by atoms with van der Waals surface area (Å²) >= 11 is 0. The molecule has 0 spiro atoms. The van der Waals surface area contributed by atoms with E-state index in [1.165, 1.54) is 5.56 Å². The van der Waals surface area contributed by atoms with Crippen LogP contribution in [0.1, 0.15) is 43.0 Å². The first-order chi connectivity index (χ1) is 10.1. The van der Waals surface area contributed by atoms with Crippen molar-refractivity contribution in [2.45, 2.75) is 33.2 Å². The van der Waals surface area contributed by atoms with E-state index in [4.69, 9.17) is 0 Å². The van der Waals surface area contributed by atoms with Crippen molar-refractivity contribution in [1.29, 1.82) is 0 Å². The maximum Gasteiger partial charge on any atom is 0.223 e. The number of carbonyl (C=O) groups excluding carboxylic acids is 1. The maximum atomic E-state index is 12.3. The lowest BCUT2D eigenvalue weighted by Gasteiger charge is -2.22. The summed E-state index contributed by atoms with van der Waals surface area (Å²) in [7, 11) is 0. The standard InChI is InChI=1S/C19H23NO/c1-4-15(3)19(21)20-18(16-8-6-5-7-9-16)17-12-10-14(2)11-13-17/h5-13,15,18H,4H2,1-3H3,(H,20,21). The predicted molar refractivity (Wildman–Crippen MR) is 87.1 cm³/mol. The molecule has 2 aromatic rings. The Morgan fingerprint density at radius 2 is 1.57 bits per heavy atom. The van der Waals surface area contributed by atoms with Crippen LogP contribution < -0.4 is 5.32 Å². The first-order valence-corrected chi connectivity index (χ1v) is 7.53. The van der Waals surface area contributed by atoms with Gasteiger partial charge in [-0.15, -0.1) is 0 Å². The number of nitrogens with one attached hydrogen (secondary N) is 1. The van der Waals surface area contributed by atoms with Crippen molar-refractivity contribution >= 4 is 5.91 Å². The van der Waals surface area contributed by atoms with Gasteiger partial charge >= 0.3 is 0 Å². The number of rotatable bonds is 5. The highest BCUT2D eigenvalue weighted by Gasteiger charge is 2.19. The Kier molecular flexibility index (Phi) is 5.15. The monoisotopic (exact) mass is 281 g/mol. The first kappa shape index (κ1) is 15.3. The number of amides is 1. The van der Waals surface area contributed by atoms with Gasteiger partial charge in [0.15, 0.2) is 0 Å². The zero-order chi connectivity index (χ0) is 15.2. The van der Waals surface area contributed by atoms with E-state index in [1.807, 2.05) is 32.0 Å². The van der Waals surface area contributed by atoms with E-state index >= 15 is 0 Å². The summed E-state index contributed by atoms with van der Waals surface area (Å²) in [6.45, 7) is 6.07. The van der Waals surface area contributed by atoms with Gasteiger partial charge in [0, 0.05) is 5.92 Å². The van der Waals surface area contributed by atoms with Crippen molar-refractivity contribution in [3.63, 3.8) is 0 Å². The van der Waals surface area contributed by atoms with Gasteiger partial charge in [0.1, 0.15) is 0 Å². The topological polar surface area (TPSA) is 29.1 Å². The van der Waals surface area contributed by atoms with Crippen LogP contribution in [0, 0.1) is 12.8 Å². The van der Waals surface area contributed by atoms with Crippen molar-refractivity contribution in [3.8, 4) is 0 Å². The Morgan fingerprint density at radius 3 is 2.14 bits per heavy atom. The van der Waals surface area contributed by atoms with E-state index in [1.54, 1.807) is 0 Å². The number of benzene rings is 2. The number of carbonyl (C=O) groups is 1. The van der Waals surface area contributed by atoms with Gasteiger partial charge < -0.3 is 5.32 Å². The van der Waals surface area contributed by atoms with Crippen molar-refractivity contribution in [1.82, 2.24) is 5.32 Å². The van der Waals surface area contributed by atoms with E-state index in [0.29, 0.717) is 0 Å². The molecule has 0 saturated heterocycles. The molecule has 110 valence electrons. The van der Waals surface area contributed by atoms with Crippen molar-refractivity contribution in [2.24, 2.45) is 5.92 Å². The van der Waals surface area contributed by atoms with Crippen LogP contribution in [0.4, 0.5) is 0 Å². The van der Waals surface area contributed by atoms with Gasteiger partial charge in [-0.3, -0.25) is 4.79 Å². The molecule has 0 bridgehead atoms. The third kappa shape index (κ3) is 3.94. The summed E-state index contributed by atoms with van der Waals surface area (Å²) in [5, 5.41) is 3.18. The number of hydrogen-bond acceptors (Lipinski definition) is 1. The van der Waals surface area contributed by atoms with Gasteiger partial charge in [0.25, 0.3) is 0 Å². The average Bonchev–Trinajstić information content (AvgIpc) is 2.53. The molecule has 2 nitrogen and oxygen atoms in total. The van der Waals surface area contributed by atoms with Crippen LogP contribution in [0.2, 0.25) is 0 Å². The fourth-order valence-corrected chi connectivity index (χ4v) is 2.23. The Bertz CT molecular complexity index is 574. The molecule has 1 amide bonds. The predicted octanol–water partition coefficient (Wildman–Crippen LogP) is 4.25. The molecule has 0 aliphatic heterocycles. The van der Waals surface area contributed by atoms with Gasteiger partial charge in [-0.25, -0.2) is 0 Å². The minimum atomic E-state index is -0.0895. The molecule has 0 aromatic heterocycles. The summed E-state index contributed by atoms with van der Waals surface area (Å²) < 4.78 is 0. The Hall–Kier alpha value is -2.09. The Balaban J connectivity index is 2.31. The summed E-state index contributed by atoms with van der Waals surface area (Å²) in [5.74, 6) is 0.133. The molecule has 0 aliphatic rings. The quantitative estimate of drug-likeness (QED) is 0.872. The van der Waals surface area contributed by atoms with E-state index in [9.17, 15) is 4.79 Å². The minimum absolute atomic E-state index is 0.0293. The fraction of sp³-hybridized carbons (Fsp3) is 0.316. The molecule has 0 saturated carbocycles. The molecular weight excluding hydrogens is 258 g/mol. The van der Waals surface area contributed by atoms with E-state index in [-0.39, 0.29) is 17.9 Å². The van der Waals surface area contributed by atoms with Gasteiger partial charge in [-0.05, 0) is 24.5 Å². The molecule has 21 heavy (non-hydrogen) atoms. The molecule has 2 heteroatoms. The van der Waals surface area contributed by atoms with Gasteiger partial charge in [-0.2, -0.15) is 0 Å². The molecule has 2 atom stereocenters. The molecule has 1 N–H and O–H groups in total. The summed E-state index contributed by atoms with van der Waals surface area (Å²) in [6, 6.07) is 18.4. The molecule has 2 aromatic carbocycles. The van der Waals surface area contributed by atoms with Crippen LogP contribution in [-0.2, 0) is 4.79 Å². The molecule has 0 radical (unpaired) electrons. The van der Waals surface area contributed by atoms with Crippen LogP contribution in [0.15, 0.2) is 54.6 Å². The largest absolute Gasteiger partial charge is 0.345 e. The van der Waals surface area contributed by atoms with Crippen LogP contribution in [0.5, 0.6) is 0 Å². The van der Waals surface area contributed by atoms with Crippen LogP contribution >= 0.6 is 0 Å². The van der Waals surface area contributed by atoms with Crippen LogP contribution in [0.25, 0.3) is 0 Å². The van der Waals surface area contributed by atoms with E-state index in [2.05, 4.69) is 48.6 Å². The summed E-state index contributed by atoms with van der Waals surface area (Å²) in [4.78, 5) is 12.3. The normalized spacial score (nSPS) is 13.5. The Morgan fingerprint density at radius 1 is 1.00 bits per heavy atom. The first-order valence-electron chi connectivity index (χ1n) is 7.53. The summed E-state index contributed by atoms with van der Waals surface area (Å²) in [6.07, 6.45) is 0.848. The second-order valence-electron chi connectivity index (χ2n) is 5.57. The third-order valence-corrected chi connectivity index (χ3v) is 3.89. The number of hydrogen-bond donors (Lipinski definition) is 1. The van der Waals surface area contributed by atoms with Crippen molar-refractivity contribution < 1.29 is 4.79 Å². The van der Waals surface area contributed by atoms with Gasteiger partial charge in [0.05, 0.1) is 6.04 Å². The lowest BCUT2D eigenvalue weighted by Crippen LogP contribution is -2.33. The zero-order valence-electron chi connectivity index (χ0n) is 13.0. The van der Waals surface area contributed by atoms with Crippen molar-refractivity contribution in [3.05, 3.63) is 71.3 Å². The molecule has 2 rings (SSSR count). The Labute approximate surface area is 127 Å². The SMILES string of the molecule is CCC(C)C(=O)NC(c1ccccc1)c1ccc(C)cc1. The highest BCUT2D eigenvalue weighted by atomic mass is 16.1. The lowest BCUT2D eigenvalue weighted by atomic mass is 9.96. The second-order valence-corrected chi connectivity index (χ2v) is 5.57. The van der Waals surface area contributed by atoms with Gasteiger partial charge in [-0.1, -0.05) is 74.0 Å².